The van der Waals surface area contributed by atoms with Gasteiger partial charge in [-0.3, -0.25) is 0 Å². The molecule has 0 aliphatic rings. The third kappa shape index (κ3) is 2.42. The lowest BCUT2D eigenvalue weighted by Gasteiger charge is -2.00. The van der Waals surface area contributed by atoms with Crippen molar-refractivity contribution in [3.05, 3.63) is 40.3 Å². The summed E-state index contributed by atoms with van der Waals surface area (Å²) in [5.41, 5.74) is 3.39. The molecule has 0 radical (unpaired) electrons. The van der Waals surface area contributed by atoms with E-state index in [0.717, 1.165) is 28.2 Å². The molecule has 2 aromatic rings. The zero-order valence-electron chi connectivity index (χ0n) is 10.3. The molecule has 0 saturated heterocycles. The molecule has 2 rings (SSSR count). The average molecular weight is 294 g/mol. The summed E-state index contributed by atoms with van der Waals surface area (Å²) in [6, 6.07) is 8.39. The molecule has 1 N–H and O–H groups in total. The van der Waals surface area contributed by atoms with E-state index in [-0.39, 0.29) is 0 Å². The van der Waals surface area contributed by atoms with Crippen LogP contribution in [0.15, 0.2) is 28.9 Å². The van der Waals surface area contributed by atoms with Crippen molar-refractivity contribution in [2.24, 2.45) is 7.05 Å². The van der Waals surface area contributed by atoms with Crippen LogP contribution in [0.5, 0.6) is 0 Å². The molecule has 17 heavy (non-hydrogen) atoms. The van der Waals surface area contributed by atoms with Crippen molar-refractivity contribution in [3.8, 4) is 11.3 Å². The normalized spacial score (nSPS) is 10.8. The number of imidazole rings is 1. The average Bonchev–Trinajstić information content (AvgIpc) is 2.58. The zero-order chi connectivity index (χ0) is 12.4. The minimum atomic E-state index is 0.765. The highest BCUT2D eigenvalue weighted by Gasteiger charge is 2.13. The lowest BCUT2D eigenvalue weighted by atomic mass is 10.1. The Morgan fingerprint density at radius 2 is 2.18 bits per heavy atom. The fourth-order valence-electron chi connectivity index (χ4n) is 1.81. The first-order valence-electron chi connectivity index (χ1n) is 5.56. The number of benzene rings is 1. The second kappa shape index (κ2) is 5.02. The van der Waals surface area contributed by atoms with Crippen LogP contribution in [0, 0.1) is 6.92 Å². The standard InChI is InChI=1S/C13H16BrN3/c1-9-5-4-6-10(7-9)12-13(14)17(3)11(16-12)8-15-2/h4-7,15H,8H2,1-3H3. The largest absolute Gasteiger partial charge is 0.324 e. The lowest BCUT2D eigenvalue weighted by Crippen LogP contribution is -2.10. The van der Waals surface area contributed by atoms with Gasteiger partial charge in [-0.25, -0.2) is 4.98 Å². The first-order chi connectivity index (χ1) is 8.13. The fraction of sp³-hybridized carbons (Fsp3) is 0.308. The maximum absolute atomic E-state index is 4.66. The second-order valence-corrected chi connectivity index (χ2v) is 4.88. The van der Waals surface area contributed by atoms with Crippen LogP contribution in [0.1, 0.15) is 11.4 Å². The third-order valence-corrected chi connectivity index (χ3v) is 3.65. The Bertz CT molecular complexity index is 531. The van der Waals surface area contributed by atoms with Gasteiger partial charge in [-0.1, -0.05) is 23.8 Å². The van der Waals surface area contributed by atoms with Crippen LogP contribution < -0.4 is 5.32 Å². The van der Waals surface area contributed by atoms with E-state index in [1.165, 1.54) is 5.56 Å². The molecule has 0 fully saturated rings. The zero-order valence-corrected chi connectivity index (χ0v) is 11.9. The van der Waals surface area contributed by atoms with E-state index >= 15 is 0 Å². The smallest absolute Gasteiger partial charge is 0.124 e. The summed E-state index contributed by atoms with van der Waals surface area (Å²) >= 11 is 3.60. The van der Waals surface area contributed by atoms with E-state index in [0.29, 0.717) is 0 Å². The maximum atomic E-state index is 4.66. The molecule has 4 heteroatoms. The number of hydrogen-bond donors (Lipinski definition) is 1. The van der Waals surface area contributed by atoms with Gasteiger partial charge in [-0.05, 0) is 36.0 Å². The van der Waals surface area contributed by atoms with Crippen molar-refractivity contribution in [2.45, 2.75) is 13.5 Å². The number of aromatic nitrogens is 2. The minimum absolute atomic E-state index is 0.765. The van der Waals surface area contributed by atoms with Gasteiger partial charge in [0.25, 0.3) is 0 Å². The van der Waals surface area contributed by atoms with Crippen LogP contribution in [0.4, 0.5) is 0 Å². The van der Waals surface area contributed by atoms with Crippen LogP contribution in [0.25, 0.3) is 11.3 Å². The van der Waals surface area contributed by atoms with Crippen LogP contribution in [0.2, 0.25) is 0 Å². The molecule has 0 saturated carbocycles. The van der Waals surface area contributed by atoms with Crippen LogP contribution in [-0.4, -0.2) is 16.6 Å². The van der Waals surface area contributed by atoms with Gasteiger partial charge >= 0.3 is 0 Å². The first kappa shape index (κ1) is 12.3. The SMILES string of the molecule is CNCc1nc(-c2cccc(C)c2)c(Br)n1C. The Morgan fingerprint density at radius 3 is 2.82 bits per heavy atom. The van der Waals surface area contributed by atoms with E-state index in [1.54, 1.807) is 0 Å². The molecule has 1 aromatic carbocycles. The van der Waals surface area contributed by atoms with Crippen molar-refractivity contribution >= 4 is 15.9 Å². The first-order valence-corrected chi connectivity index (χ1v) is 6.35. The fourth-order valence-corrected chi connectivity index (χ4v) is 2.34. The molecular weight excluding hydrogens is 278 g/mol. The number of halogens is 1. The number of hydrogen-bond acceptors (Lipinski definition) is 2. The molecule has 0 bridgehead atoms. The van der Waals surface area contributed by atoms with Gasteiger partial charge in [0.15, 0.2) is 0 Å². The van der Waals surface area contributed by atoms with Gasteiger partial charge in [0.2, 0.25) is 0 Å². The Hall–Kier alpha value is -1.13. The Morgan fingerprint density at radius 1 is 1.41 bits per heavy atom. The molecule has 3 nitrogen and oxygen atoms in total. The molecule has 0 unspecified atom stereocenters. The number of aryl methyl sites for hydroxylation is 1. The van der Waals surface area contributed by atoms with E-state index < -0.39 is 0 Å². The predicted molar refractivity (Wildman–Crippen MR) is 73.8 cm³/mol. The molecule has 0 aliphatic carbocycles. The van der Waals surface area contributed by atoms with E-state index in [1.807, 2.05) is 14.1 Å². The van der Waals surface area contributed by atoms with Crippen molar-refractivity contribution in [3.63, 3.8) is 0 Å². The summed E-state index contributed by atoms with van der Waals surface area (Å²) in [6.07, 6.45) is 0. The molecule has 1 heterocycles. The molecule has 0 amide bonds. The highest BCUT2D eigenvalue weighted by atomic mass is 79.9. The molecule has 1 aromatic heterocycles. The Kier molecular flexibility index (Phi) is 3.64. The van der Waals surface area contributed by atoms with Gasteiger partial charge in [0.05, 0.1) is 6.54 Å². The number of nitrogens with zero attached hydrogens (tertiary/aromatic N) is 2. The Labute approximate surface area is 110 Å². The van der Waals surface area contributed by atoms with Crippen LogP contribution >= 0.6 is 15.9 Å². The summed E-state index contributed by atoms with van der Waals surface area (Å²) in [4.78, 5) is 4.66. The minimum Gasteiger partial charge on any atom is -0.324 e. The molecule has 0 atom stereocenters. The van der Waals surface area contributed by atoms with Gasteiger partial charge in [-0.15, -0.1) is 0 Å². The van der Waals surface area contributed by atoms with E-state index in [9.17, 15) is 0 Å². The second-order valence-electron chi connectivity index (χ2n) is 4.13. The summed E-state index contributed by atoms with van der Waals surface area (Å²) in [5, 5.41) is 3.12. The van der Waals surface area contributed by atoms with Crippen molar-refractivity contribution in [1.82, 2.24) is 14.9 Å². The van der Waals surface area contributed by atoms with Gasteiger partial charge in [0.1, 0.15) is 16.1 Å². The van der Waals surface area contributed by atoms with E-state index in [4.69, 9.17) is 0 Å². The van der Waals surface area contributed by atoms with Crippen LogP contribution in [-0.2, 0) is 13.6 Å². The molecule has 0 spiro atoms. The Balaban J connectivity index is 2.49. The molecular formula is C13H16BrN3. The summed E-state index contributed by atoms with van der Waals surface area (Å²) in [7, 11) is 3.94. The number of nitrogens with one attached hydrogen (secondary N) is 1. The lowest BCUT2D eigenvalue weighted by molar-refractivity contribution is 0.704. The quantitative estimate of drug-likeness (QED) is 0.943. The third-order valence-electron chi connectivity index (χ3n) is 2.74. The summed E-state index contributed by atoms with van der Waals surface area (Å²) in [6.45, 7) is 2.86. The van der Waals surface area contributed by atoms with Gasteiger partial charge < -0.3 is 9.88 Å². The summed E-state index contributed by atoms with van der Waals surface area (Å²) < 4.78 is 3.09. The monoisotopic (exact) mass is 293 g/mol. The van der Waals surface area contributed by atoms with Gasteiger partial charge in [0, 0.05) is 12.6 Å². The van der Waals surface area contributed by atoms with E-state index in [2.05, 4.69) is 62.0 Å². The predicted octanol–water partition coefficient (Wildman–Crippen LogP) is 2.88. The summed E-state index contributed by atoms with van der Waals surface area (Å²) in [5.74, 6) is 1.02. The van der Waals surface area contributed by atoms with Crippen molar-refractivity contribution < 1.29 is 0 Å². The van der Waals surface area contributed by atoms with Crippen LogP contribution in [0.3, 0.4) is 0 Å². The maximum Gasteiger partial charge on any atom is 0.124 e. The highest BCUT2D eigenvalue weighted by Crippen LogP contribution is 2.28. The molecule has 90 valence electrons. The molecule has 0 aliphatic heterocycles. The van der Waals surface area contributed by atoms with Crippen molar-refractivity contribution in [2.75, 3.05) is 7.05 Å². The highest BCUT2D eigenvalue weighted by molar-refractivity contribution is 9.10. The topological polar surface area (TPSA) is 29.9 Å². The van der Waals surface area contributed by atoms with Gasteiger partial charge in [-0.2, -0.15) is 0 Å². The van der Waals surface area contributed by atoms with Crippen molar-refractivity contribution in [1.29, 1.82) is 0 Å². The number of rotatable bonds is 3.